The first-order valence-corrected chi connectivity index (χ1v) is 5.80. The number of nitrogens with one attached hydrogen (secondary N) is 2. The monoisotopic (exact) mass is 211 g/mol. The van der Waals surface area contributed by atoms with Gasteiger partial charge in [0.25, 0.3) is 5.56 Å². The Hall–Kier alpha value is -0.810. The van der Waals surface area contributed by atoms with Gasteiger partial charge < -0.3 is 10.3 Å². The summed E-state index contributed by atoms with van der Waals surface area (Å²) in [5.41, 5.74) is 1.89. The third-order valence-corrected chi connectivity index (χ3v) is 3.20. The molecule has 76 valence electrons. The van der Waals surface area contributed by atoms with Crippen molar-refractivity contribution < 1.29 is 0 Å². The van der Waals surface area contributed by atoms with E-state index in [0.717, 1.165) is 35.0 Å². The van der Waals surface area contributed by atoms with Crippen molar-refractivity contribution in [1.82, 2.24) is 15.3 Å². The molecule has 0 unspecified atom stereocenters. The van der Waals surface area contributed by atoms with Crippen molar-refractivity contribution in [3.8, 4) is 0 Å². The first kappa shape index (κ1) is 9.73. The highest BCUT2D eigenvalue weighted by Crippen LogP contribution is 2.19. The Balaban J connectivity index is 2.41. The molecule has 0 bridgehead atoms. The van der Waals surface area contributed by atoms with Crippen LogP contribution in [0.4, 0.5) is 0 Å². The average molecular weight is 211 g/mol. The van der Waals surface area contributed by atoms with Crippen LogP contribution in [-0.4, -0.2) is 22.8 Å². The minimum atomic E-state index is 0.0422. The van der Waals surface area contributed by atoms with Gasteiger partial charge in [0.1, 0.15) is 5.82 Å². The van der Waals surface area contributed by atoms with E-state index in [2.05, 4.69) is 15.3 Å². The molecule has 0 fully saturated rings. The van der Waals surface area contributed by atoms with Crippen LogP contribution in [0.5, 0.6) is 0 Å². The zero-order chi connectivity index (χ0) is 9.97. The summed E-state index contributed by atoms with van der Waals surface area (Å²) in [6.07, 6.45) is 0.849. The summed E-state index contributed by atoms with van der Waals surface area (Å²) in [5.74, 6) is 2.64. The Labute approximate surface area is 86.5 Å². The lowest BCUT2D eigenvalue weighted by molar-refractivity contribution is 0.737. The van der Waals surface area contributed by atoms with Crippen molar-refractivity contribution in [2.45, 2.75) is 18.7 Å². The number of rotatable bonds is 2. The van der Waals surface area contributed by atoms with Gasteiger partial charge in [0.15, 0.2) is 0 Å². The van der Waals surface area contributed by atoms with Gasteiger partial charge in [0.2, 0.25) is 0 Å². The maximum atomic E-state index is 11.6. The van der Waals surface area contributed by atoms with Crippen LogP contribution >= 0.6 is 11.8 Å². The van der Waals surface area contributed by atoms with Crippen LogP contribution < -0.4 is 10.9 Å². The van der Waals surface area contributed by atoms with E-state index in [4.69, 9.17) is 0 Å². The van der Waals surface area contributed by atoms with E-state index in [1.165, 1.54) is 0 Å². The molecule has 1 aliphatic rings. The molecule has 0 aromatic carbocycles. The second-order valence-corrected chi connectivity index (χ2v) is 4.38. The van der Waals surface area contributed by atoms with Crippen molar-refractivity contribution >= 4 is 11.8 Å². The number of hydrogen-bond acceptors (Lipinski definition) is 4. The molecule has 0 aliphatic carbocycles. The Morgan fingerprint density at radius 2 is 2.50 bits per heavy atom. The van der Waals surface area contributed by atoms with Gasteiger partial charge in [-0.2, -0.15) is 11.8 Å². The van der Waals surface area contributed by atoms with Crippen LogP contribution in [0.25, 0.3) is 0 Å². The maximum Gasteiger partial charge on any atom is 0.254 e. The average Bonchev–Trinajstić information content (AvgIpc) is 2.18. The highest BCUT2D eigenvalue weighted by molar-refractivity contribution is 7.98. The van der Waals surface area contributed by atoms with Crippen molar-refractivity contribution in [2.24, 2.45) is 0 Å². The van der Waals surface area contributed by atoms with E-state index in [1.807, 2.05) is 18.8 Å². The molecule has 2 heterocycles. The molecule has 2 N–H and O–H groups in total. The van der Waals surface area contributed by atoms with Crippen LogP contribution in [0.2, 0.25) is 0 Å². The lowest BCUT2D eigenvalue weighted by Crippen LogP contribution is -2.24. The Morgan fingerprint density at radius 3 is 3.29 bits per heavy atom. The molecule has 0 atom stereocenters. The van der Waals surface area contributed by atoms with E-state index in [1.54, 1.807) is 0 Å². The van der Waals surface area contributed by atoms with Crippen LogP contribution in [0.3, 0.4) is 0 Å². The molecule has 2 rings (SSSR count). The smallest absolute Gasteiger partial charge is 0.254 e. The number of H-pyrrole nitrogens is 1. The summed E-state index contributed by atoms with van der Waals surface area (Å²) in [6, 6.07) is 0. The van der Waals surface area contributed by atoms with Crippen LogP contribution in [0.15, 0.2) is 4.79 Å². The molecule has 1 aromatic heterocycles. The molecule has 1 aromatic rings. The second-order valence-electron chi connectivity index (χ2n) is 3.27. The van der Waals surface area contributed by atoms with Crippen molar-refractivity contribution in [3.05, 3.63) is 27.4 Å². The molecule has 1 aliphatic heterocycles. The minimum Gasteiger partial charge on any atom is -0.313 e. The number of hydrogen-bond donors (Lipinski definition) is 2. The Morgan fingerprint density at radius 1 is 1.64 bits per heavy atom. The standard InChI is InChI=1S/C9H13N3OS/c1-10-4-8-11-7-5-14-3-2-6(7)9(13)12-8/h10H,2-5H2,1H3,(H,11,12,13). The Kier molecular flexibility index (Phi) is 2.88. The van der Waals surface area contributed by atoms with Gasteiger partial charge in [-0.25, -0.2) is 4.98 Å². The summed E-state index contributed by atoms with van der Waals surface area (Å²) < 4.78 is 0. The van der Waals surface area contributed by atoms with Gasteiger partial charge in [0, 0.05) is 11.3 Å². The molecule has 0 amide bonds. The quantitative estimate of drug-likeness (QED) is 0.737. The van der Waals surface area contributed by atoms with Gasteiger partial charge in [-0.3, -0.25) is 4.79 Å². The third-order valence-electron chi connectivity index (χ3n) is 2.23. The van der Waals surface area contributed by atoms with Crippen LogP contribution in [0.1, 0.15) is 17.1 Å². The highest BCUT2D eigenvalue weighted by Gasteiger charge is 2.15. The summed E-state index contributed by atoms with van der Waals surface area (Å²) in [7, 11) is 1.84. The summed E-state index contributed by atoms with van der Waals surface area (Å²) in [6.45, 7) is 0.618. The summed E-state index contributed by atoms with van der Waals surface area (Å²) in [4.78, 5) is 18.8. The molecule has 0 spiro atoms. The normalized spacial score (nSPS) is 15.2. The first-order valence-electron chi connectivity index (χ1n) is 4.64. The number of aromatic nitrogens is 2. The van der Waals surface area contributed by atoms with Gasteiger partial charge in [-0.15, -0.1) is 0 Å². The van der Waals surface area contributed by atoms with Gasteiger partial charge in [0.05, 0.1) is 12.2 Å². The van der Waals surface area contributed by atoms with E-state index < -0.39 is 0 Å². The van der Waals surface area contributed by atoms with E-state index in [9.17, 15) is 4.79 Å². The summed E-state index contributed by atoms with van der Waals surface area (Å²) in [5, 5.41) is 2.98. The molecule has 4 nitrogen and oxygen atoms in total. The number of fused-ring (bicyclic) bond motifs is 1. The van der Waals surface area contributed by atoms with E-state index in [0.29, 0.717) is 6.54 Å². The van der Waals surface area contributed by atoms with Crippen molar-refractivity contribution in [2.75, 3.05) is 12.8 Å². The van der Waals surface area contributed by atoms with Gasteiger partial charge in [-0.05, 0) is 19.2 Å². The van der Waals surface area contributed by atoms with E-state index >= 15 is 0 Å². The fourth-order valence-corrected chi connectivity index (χ4v) is 2.49. The summed E-state index contributed by atoms with van der Waals surface area (Å²) >= 11 is 1.84. The molecule has 14 heavy (non-hydrogen) atoms. The SMILES string of the molecule is CNCc1nc2c(c(=O)[nH]1)CCSC2. The van der Waals surface area contributed by atoms with Crippen LogP contribution in [-0.2, 0) is 18.7 Å². The molecule has 0 radical (unpaired) electrons. The van der Waals surface area contributed by atoms with E-state index in [-0.39, 0.29) is 5.56 Å². The zero-order valence-corrected chi connectivity index (χ0v) is 8.91. The minimum absolute atomic E-state index is 0.0422. The molecule has 5 heteroatoms. The molecular formula is C9H13N3OS. The fraction of sp³-hybridized carbons (Fsp3) is 0.556. The third kappa shape index (κ3) is 1.83. The number of thioether (sulfide) groups is 1. The second kappa shape index (κ2) is 4.14. The maximum absolute atomic E-state index is 11.6. The number of nitrogens with zero attached hydrogens (tertiary/aromatic N) is 1. The predicted molar refractivity (Wildman–Crippen MR) is 57.5 cm³/mol. The first-order chi connectivity index (χ1) is 6.81. The fourth-order valence-electron chi connectivity index (χ4n) is 1.57. The lowest BCUT2D eigenvalue weighted by atomic mass is 10.2. The zero-order valence-electron chi connectivity index (χ0n) is 8.09. The highest BCUT2D eigenvalue weighted by atomic mass is 32.2. The Bertz CT molecular complexity index is 388. The largest absolute Gasteiger partial charge is 0.313 e. The van der Waals surface area contributed by atoms with Gasteiger partial charge >= 0.3 is 0 Å². The van der Waals surface area contributed by atoms with Crippen molar-refractivity contribution in [1.29, 1.82) is 0 Å². The molecule has 0 saturated heterocycles. The number of aromatic amines is 1. The van der Waals surface area contributed by atoms with Crippen LogP contribution in [0, 0.1) is 0 Å². The topological polar surface area (TPSA) is 57.8 Å². The predicted octanol–water partition coefficient (Wildman–Crippen LogP) is 0.279. The van der Waals surface area contributed by atoms with Crippen molar-refractivity contribution in [3.63, 3.8) is 0 Å². The van der Waals surface area contributed by atoms with Gasteiger partial charge in [-0.1, -0.05) is 0 Å². The molecular weight excluding hydrogens is 198 g/mol. The lowest BCUT2D eigenvalue weighted by Gasteiger charge is -2.14. The molecule has 0 saturated carbocycles.